The molecule has 124 valence electrons. The lowest BCUT2D eigenvalue weighted by Gasteiger charge is -2.09. The van der Waals surface area contributed by atoms with Crippen LogP contribution in [0.15, 0.2) is 30.3 Å². The Balaban J connectivity index is 2.20. The predicted octanol–water partition coefficient (Wildman–Crippen LogP) is 4.17. The smallest absolute Gasteiger partial charge is 0.198 e. The maximum atomic E-state index is 12.8. The Morgan fingerprint density at radius 1 is 1.21 bits per heavy atom. The average Bonchev–Trinajstić information content (AvgIpc) is 2.96. The second-order valence-corrected chi connectivity index (χ2v) is 7.39. The number of halogens is 2. The van der Waals surface area contributed by atoms with E-state index in [2.05, 4.69) is 9.97 Å². The zero-order valence-corrected chi connectivity index (χ0v) is 15.2. The summed E-state index contributed by atoms with van der Waals surface area (Å²) in [6.45, 7) is 0. The van der Waals surface area contributed by atoms with E-state index >= 15 is 0 Å². The number of thiazole rings is 1. The monoisotopic (exact) mass is 381 g/mol. The minimum absolute atomic E-state index is 0.104. The molecule has 24 heavy (non-hydrogen) atoms. The van der Waals surface area contributed by atoms with Gasteiger partial charge in [-0.3, -0.25) is 4.79 Å². The van der Waals surface area contributed by atoms with Gasteiger partial charge in [0, 0.05) is 19.7 Å². The summed E-state index contributed by atoms with van der Waals surface area (Å²) in [6.07, 6.45) is 0. The zero-order valence-electron chi connectivity index (χ0n) is 12.8. The van der Waals surface area contributed by atoms with E-state index in [-0.39, 0.29) is 28.4 Å². The van der Waals surface area contributed by atoms with Gasteiger partial charge < -0.3 is 10.0 Å². The van der Waals surface area contributed by atoms with Crippen LogP contribution in [0.5, 0.6) is 5.75 Å². The van der Waals surface area contributed by atoms with E-state index in [1.54, 1.807) is 24.3 Å². The molecule has 3 aromatic rings. The molecule has 0 unspecified atom stereocenters. The Labute approximate surface area is 152 Å². The lowest BCUT2D eigenvalue weighted by atomic mass is 10.0. The number of aromatic hydroxyl groups is 1. The van der Waals surface area contributed by atoms with Gasteiger partial charge in [0.15, 0.2) is 16.6 Å². The minimum atomic E-state index is -0.983. The number of nitrogens with zero attached hydrogens (tertiary/aromatic N) is 3. The molecular weight excluding hydrogens is 369 g/mol. The number of hydrogen-bond acceptors (Lipinski definition) is 6. The number of pyridine rings is 1. The number of rotatable bonds is 4. The van der Waals surface area contributed by atoms with Crippen LogP contribution >= 0.6 is 34.5 Å². The van der Waals surface area contributed by atoms with Gasteiger partial charge in [0.1, 0.15) is 10.6 Å². The van der Waals surface area contributed by atoms with Crippen molar-refractivity contribution < 1.29 is 9.90 Å². The molecule has 0 fully saturated rings. The third kappa shape index (κ3) is 3.05. The van der Waals surface area contributed by atoms with E-state index in [4.69, 9.17) is 23.2 Å². The maximum Gasteiger partial charge on any atom is 0.198 e. The average molecular weight is 382 g/mol. The predicted molar refractivity (Wildman–Crippen MR) is 97.7 cm³/mol. The van der Waals surface area contributed by atoms with E-state index in [9.17, 15) is 9.90 Å². The number of benzene rings is 1. The van der Waals surface area contributed by atoms with Crippen molar-refractivity contribution in [2.24, 2.45) is 0 Å². The van der Waals surface area contributed by atoms with Gasteiger partial charge in [-0.2, -0.15) is 4.98 Å². The molecule has 8 heteroatoms. The normalized spacial score (nSPS) is 11.2. The van der Waals surface area contributed by atoms with Gasteiger partial charge in [0.25, 0.3) is 0 Å². The molecule has 0 aliphatic rings. The Bertz CT molecular complexity index is 925. The third-order valence-electron chi connectivity index (χ3n) is 3.38. The number of alkyl halides is 2. The summed E-state index contributed by atoms with van der Waals surface area (Å²) in [5, 5.41) is 10.7. The lowest BCUT2D eigenvalue weighted by molar-refractivity contribution is 0.103. The molecule has 2 heterocycles. The van der Waals surface area contributed by atoms with Crippen molar-refractivity contribution in [1.82, 2.24) is 9.97 Å². The van der Waals surface area contributed by atoms with Crippen LogP contribution in [0.1, 0.15) is 26.5 Å². The van der Waals surface area contributed by atoms with Crippen molar-refractivity contribution in [3.05, 3.63) is 47.2 Å². The summed E-state index contributed by atoms with van der Waals surface area (Å²) in [5.74, 6) is -0.490. The zero-order chi connectivity index (χ0) is 17.4. The highest BCUT2D eigenvalue weighted by atomic mass is 35.5. The Hall–Kier alpha value is -1.89. The van der Waals surface area contributed by atoms with Gasteiger partial charge in [-0.25, -0.2) is 4.98 Å². The highest BCUT2D eigenvalue weighted by Gasteiger charge is 2.23. The topological polar surface area (TPSA) is 66.3 Å². The molecule has 1 N–H and O–H groups in total. The fraction of sp³-hybridized carbons (Fsp3) is 0.188. The lowest BCUT2D eigenvalue weighted by Crippen LogP contribution is -2.08. The molecular formula is C16H13Cl2N3O2S. The summed E-state index contributed by atoms with van der Waals surface area (Å²) in [4.78, 5) is 22.5. The molecule has 0 spiro atoms. The molecule has 3 rings (SSSR count). The summed E-state index contributed by atoms with van der Waals surface area (Å²) in [5.41, 5.74) is 1.15. The third-order valence-corrected chi connectivity index (χ3v) is 4.96. The number of fused-ring (bicyclic) bond motifs is 1. The first-order valence-corrected chi connectivity index (χ1v) is 8.67. The number of carbonyl (C=O) groups excluding carboxylic acids is 1. The summed E-state index contributed by atoms with van der Waals surface area (Å²) < 4.78 is 0.746. The van der Waals surface area contributed by atoms with Crippen LogP contribution in [0.25, 0.3) is 10.3 Å². The first-order valence-electron chi connectivity index (χ1n) is 6.98. The van der Waals surface area contributed by atoms with E-state index in [1.807, 2.05) is 19.0 Å². The molecule has 0 aliphatic heterocycles. The van der Waals surface area contributed by atoms with Crippen LogP contribution < -0.4 is 4.90 Å². The van der Waals surface area contributed by atoms with Crippen molar-refractivity contribution in [2.45, 2.75) is 4.84 Å². The molecule has 1 aromatic carbocycles. The number of anilines is 1. The molecule has 0 saturated heterocycles. The minimum Gasteiger partial charge on any atom is -0.507 e. The fourth-order valence-corrected chi connectivity index (χ4v) is 3.42. The van der Waals surface area contributed by atoms with E-state index in [0.29, 0.717) is 5.65 Å². The first kappa shape index (κ1) is 17.0. The summed E-state index contributed by atoms with van der Waals surface area (Å²) in [7, 11) is 3.75. The standard InChI is InChI=1S/C16H13Cl2N3O2S/c1-21(2)16-20-15-11(24-16)7-9(12(19-15)14(17)18)13(23)8-5-3-4-6-10(8)22/h3-7,14,22H,1-2H3. The highest BCUT2D eigenvalue weighted by Crippen LogP contribution is 2.34. The molecule has 5 nitrogen and oxygen atoms in total. The second kappa shape index (κ2) is 6.55. The SMILES string of the molecule is CN(C)c1nc2nc(C(Cl)Cl)c(C(=O)c3ccccc3O)cc2s1. The van der Waals surface area contributed by atoms with E-state index < -0.39 is 4.84 Å². The number of phenolic OH excluding ortho intramolecular Hbond substituents is 1. The van der Waals surface area contributed by atoms with Gasteiger partial charge in [-0.05, 0) is 18.2 Å². The van der Waals surface area contributed by atoms with Gasteiger partial charge in [0.2, 0.25) is 0 Å². The molecule has 0 radical (unpaired) electrons. The van der Waals surface area contributed by atoms with Crippen LogP contribution in [0.2, 0.25) is 0 Å². The molecule has 0 amide bonds. The van der Waals surface area contributed by atoms with Crippen LogP contribution in [0.4, 0.5) is 5.13 Å². The van der Waals surface area contributed by atoms with Crippen molar-refractivity contribution in [1.29, 1.82) is 0 Å². The Morgan fingerprint density at radius 3 is 2.54 bits per heavy atom. The Morgan fingerprint density at radius 2 is 1.92 bits per heavy atom. The number of aromatic nitrogens is 2. The molecule has 0 atom stereocenters. The van der Waals surface area contributed by atoms with Gasteiger partial charge in [-0.15, -0.1) is 0 Å². The van der Waals surface area contributed by atoms with Crippen molar-refractivity contribution in [3.63, 3.8) is 0 Å². The van der Waals surface area contributed by atoms with Crippen LogP contribution in [-0.4, -0.2) is 35.0 Å². The number of para-hydroxylation sites is 1. The Kier molecular flexibility index (Phi) is 4.62. The molecule has 0 aliphatic carbocycles. The number of hydrogen-bond donors (Lipinski definition) is 1. The second-order valence-electron chi connectivity index (χ2n) is 5.28. The van der Waals surface area contributed by atoms with E-state index in [1.165, 1.54) is 17.4 Å². The number of phenols is 1. The van der Waals surface area contributed by atoms with Gasteiger partial charge in [-0.1, -0.05) is 46.7 Å². The summed E-state index contributed by atoms with van der Waals surface area (Å²) >= 11 is 13.4. The number of carbonyl (C=O) groups is 1. The quantitative estimate of drug-likeness (QED) is 0.542. The molecule has 2 aromatic heterocycles. The largest absolute Gasteiger partial charge is 0.507 e. The summed E-state index contributed by atoms with van der Waals surface area (Å²) in [6, 6.07) is 7.99. The number of ketones is 1. The first-order chi connectivity index (χ1) is 11.4. The van der Waals surface area contributed by atoms with Gasteiger partial charge >= 0.3 is 0 Å². The van der Waals surface area contributed by atoms with Crippen molar-refractivity contribution >= 4 is 55.8 Å². The van der Waals surface area contributed by atoms with Crippen molar-refractivity contribution in [3.8, 4) is 5.75 Å². The van der Waals surface area contributed by atoms with Crippen molar-refractivity contribution in [2.75, 3.05) is 19.0 Å². The molecule has 0 bridgehead atoms. The van der Waals surface area contributed by atoms with E-state index in [0.717, 1.165) is 9.83 Å². The van der Waals surface area contributed by atoms with Crippen LogP contribution in [-0.2, 0) is 0 Å². The maximum absolute atomic E-state index is 12.8. The highest BCUT2D eigenvalue weighted by molar-refractivity contribution is 7.22. The fourth-order valence-electron chi connectivity index (χ4n) is 2.22. The van der Waals surface area contributed by atoms with Crippen LogP contribution in [0, 0.1) is 0 Å². The molecule has 0 saturated carbocycles. The van der Waals surface area contributed by atoms with Crippen LogP contribution in [0.3, 0.4) is 0 Å². The van der Waals surface area contributed by atoms with Gasteiger partial charge in [0.05, 0.1) is 16.0 Å².